The topological polar surface area (TPSA) is 50.2 Å². The smallest absolute Gasteiger partial charge is 0.353 e. The van der Waals surface area contributed by atoms with Crippen LogP contribution >= 0.6 is 0 Å². The van der Waals surface area contributed by atoms with Crippen LogP contribution in [0.15, 0.2) is 36.4 Å². The van der Waals surface area contributed by atoms with Gasteiger partial charge < -0.3 is 5.32 Å². The number of hydrogen-bond acceptors (Lipinski definition) is 3. The molecule has 152 valence electrons. The molecule has 0 aliphatic heterocycles. The van der Waals surface area contributed by atoms with E-state index in [-0.39, 0.29) is 12.5 Å². The van der Waals surface area contributed by atoms with E-state index in [0.29, 0.717) is 13.0 Å². The first-order valence-electron chi connectivity index (χ1n) is 9.00. The highest BCUT2D eigenvalue weighted by Crippen LogP contribution is 2.19. The number of rotatable bonds is 8. The molecular weight excluding hydrogens is 369 g/mol. The van der Waals surface area contributed by atoms with Crippen molar-refractivity contribution in [3.63, 3.8) is 0 Å². The number of nitrogens with one attached hydrogen (secondary N) is 1. The van der Waals surface area contributed by atoms with Crippen molar-refractivity contribution in [2.75, 3.05) is 26.7 Å². The van der Waals surface area contributed by atoms with Crippen molar-refractivity contribution in [2.24, 2.45) is 0 Å². The highest BCUT2D eigenvalue weighted by molar-refractivity contribution is 5.92. The normalized spacial score (nSPS) is 12.1. The van der Waals surface area contributed by atoms with E-state index in [1.807, 2.05) is 48.9 Å². The third-order valence-corrected chi connectivity index (χ3v) is 4.21. The second kappa shape index (κ2) is 9.54. The van der Waals surface area contributed by atoms with Crippen LogP contribution in [0.5, 0.6) is 0 Å². The van der Waals surface area contributed by atoms with E-state index in [1.54, 1.807) is 6.08 Å². The third-order valence-electron chi connectivity index (χ3n) is 4.21. The van der Waals surface area contributed by atoms with Gasteiger partial charge in [0.05, 0.1) is 17.9 Å². The Morgan fingerprint density at radius 1 is 1.25 bits per heavy atom. The first kappa shape index (κ1) is 21.7. The van der Waals surface area contributed by atoms with E-state index >= 15 is 0 Å². The number of amides is 1. The Hall–Kier alpha value is -2.61. The molecule has 0 aliphatic rings. The predicted molar refractivity (Wildman–Crippen MR) is 103 cm³/mol. The van der Waals surface area contributed by atoms with Gasteiger partial charge >= 0.3 is 6.18 Å². The molecule has 1 aromatic carbocycles. The molecule has 0 atom stereocenters. The molecule has 0 saturated carbocycles. The molecule has 0 saturated heterocycles. The van der Waals surface area contributed by atoms with E-state index in [9.17, 15) is 18.0 Å². The Balaban J connectivity index is 1.87. The predicted octanol–water partition coefficient (Wildman–Crippen LogP) is 3.50. The molecule has 1 amide bonds. The summed E-state index contributed by atoms with van der Waals surface area (Å²) in [5.41, 5.74) is 3.53. The molecule has 2 aromatic rings. The number of carbonyl (C=O) groups excluding carboxylic acids is 1. The first-order chi connectivity index (χ1) is 13.2. The van der Waals surface area contributed by atoms with Crippen LogP contribution in [0, 0.1) is 13.8 Å². The third kappa shape index (κ3) is 6.53. The second-order valence-electron chi connectivity index (χ2n) is 6.66. The maximum Gasteiger partial charge on any atom is 0.401 e. The van der Waals surface area contributed by atoms with Crippen molar-refractivity contribution < 1.29 is 18.0 Å². The molecule has 1 heterocycles. The Morgan fingerprint density at radius 3 is 2.57 bits per heavy atom. The van der Waals surface area contributed by atoms with Crippen LogP contribution in [-0.4, -0.2) is 53.4 Å². The van der Waals surface area contributed by atoms with E-state index in [1.165, 1.54) is 18.0 Å². The van der Waals surface area contributed by atoms with Gasteiger partial charge in [-0.05, 0) is 52.1 Å². The van der Waals surface area contributed by atoms with Crippen LogP contribution in [0.1, 0.15) is 23.4 Å². The Labute approximate surface area is 162 Å². The molecule has 2 rings (SSSR count). The fourth-order valence-corrected chi connectivity index (χ4v) is 2.88. The average molecular weight is 394 g/mol. The number of para-hydroxylation sites is 1. The van der Waals surface area contributed by atoms with Crippen molar-refractivity contribution in [1.29, 1.82) is 0 Å². The van der Waals surface area contributed by atoms with Gasteiger partial charge in [0.25, 0.3) is 0 Å². The number of benzene rings is 1. The van der Waals surface area contributed by atoms with Crippen LogP contribution in [0.25, 0.3) is 11.8 Å². The summed E-state index contributed by atoms with van der Waals surface area (Å²) in [6.45, 7) is 3.42. The summed E-state index contributed by atoms with van der Waals surface area (Å²) >= 11 is 0. The van der Waals surface area contributed by atoms with E-state index in [2.05, 4.69) is 10.4 Å². The van der Waals surface area contributed by atoms with Crippen LogP contribution in [0.3, 0.4) is 0 Å². The van der Waals surface area contributed by atoms with Gasteiger partial charge in [-0.1, -0.05) is 18.2 Å². The van der Waals surface area contributed by atoms with Crippen LogP contribution in [0.4, 0.5) is 13.2 Å². The molecule has 8 heteroatoms. The Morgan fingerprint density at radius 2 is 1.93 bits per heavy atom. The van der Waals surface area contributed by atoms with Gasteiger partial charge in [0, 0.05) is 23.9 Å². The minimum absolute atomic E-state index is 0.256. The lowest BCUT2D eigenvalue weighted by molar-refractivity contribution is -0.143. The zero-order valence-corrected chi connectivity index (χ0v) is 16.3. The number of aromatic nitrogens is 2. The van der Waals surface area contributed by atoms with Crippen LogP contribution < -0.4 is 5.32 Å². The molecule has 1 aromatic heterocycles. The highest BCUT2D eigenvalue weighted by atomic mass is 19.4. The molecule has 0 bridgehead atoms. The molecule has 0 spiro atoms. The summed E-state index contributed by atoms with van der Waals surface area (Å²) in [4.78, 5) is 13.2. The van der Waals surface area contributed by atoms with Crippen molar-refractivity contribution in [2.45, 2.75) is 26.4 Å². The number of alkyl halides is 3. The van der Waals surface area contributed by atoms with Gasteiger partial charge in [-0.2, -0.15) is 18.3 Å². The Bertz CT molecular complexity index is 813. The number of carbonyl (C=O) groups is 1. The lowest BCUT2D eigenvalue weighted by atomic mass is 10.2. The second-order valence-corrected chi connectivity index (χ2v) is 6.66. The van der Waals surface area contributed by atoms with Crippen LogP contribution in [0.2, 0.25) is 0 Å². The average Bonchev–Trinajstić information content (AvgIpc) is 2.90. The number of nitrogens with zero attached hydrogens (tertiary/aromatic N) is 3. The molecular formula is C20H25F3N4O. The molecule has 1 N–H and O–H groups in total. The SMILES string of the molecule is Cc1nn(-c2ccccc2)c(C)c1C=CC(=O)NCCCN(C)CC(F)(F)F. The van der Waals surface area contributed by atoms with E-state index < -0.39 is 12.7 Å². The van der Waals surface area contributed by atoms with E-state index in [0.717, 1.165) is 22.6 Å². The first-order valence-corrected chi connectivity index (χ1v) is 9.00. The fraction of sp³-hybridized carbons (Fsp3) is 0.400. The maximum absolute atomic E-state index is 12.3. The Kier molecular flexibility index (Phi) is 7.39. The van der Waals surface area contributed by atoms with Gasteiger partial charge in [-0.15, -0.1) is 0 Å². The largest absolute Gasteiger partial charge is 0.401 e. The molecule has 0 radical (unpaired) electrons. The van der Waals surface area contributed by atoms with Gasteiger partial charge in [0.1, 0.15) is 0 Å². The van der Waals surface area contributed by atoms with Crippen molar-refractivity contribution in [3.8, 4) is 5.69 Å². The summed E-state index contributed by atoms with van der Waals surface area (Å²) < 4.78 is 38.6. The van der Waals surface area contributed by atoms with Crippen molar-refractivity contribution in [3.05, 3.63) is 53.4 Å². The minimum atomic E-state index is -4.21. The summed E-state index contributed by atoms with van der Waals surface area (Å²) in [5.74, 6) is -0.287. The molecule has 0 unspecified atom stereocenters. The molecule has 0 aliphatic carbocycles. The lowest BCUT2D eigenvalue weighted by Crippen LogP contribution is -2.33. The number of aryl methyl sites for hydroxylation is 1. The zero-order valence-electron chi connectivity index (χ0n) is 16.3. The van der Waals surface area contributed by atoms with Gasteiger partial charge in [0.15, 0.2) is 0 Å². The lowest BCUT2D eigenvalue weighted by Gasteiger charge is -2.18. The summed E-state index contributed by atoms with van der Waals surface area (Å²) in [7, 11) is 1.41. The van der Waals surface area contributed by atoms with Gasteiger partial charge in [-0.25, -0.2) is 4.68 Å². The molecule has 28 heavy (non-hydrogen) atoms. The highest BCUT2D eigenvalue weighted by Gasteiger charge is 2.28. The van der Waals surface area contributed by atoms with E-state index in [4.69, 9.17) is 0 Å². The quantitative estimate of drug-likeness (QED) is 0.551. The standard InChI is InChI=1S/C20H25F3N4O/c1-15-18(16(2)27(25-15)17-8-5-4-6-9-17)10-11-19(28)24-12-7-13-26(3)14-20(21,22)23/h4-6,8-11H,7,12-14H2,1-3H3,(H,24,28). The summed E-state index contributed by atoms with van der Waals surface area (Å²) in [5, 5.41) is 7.21. The number of halogens is 3. The molecule has 5 nitrogen and oxygen atoms in total. The summed E-state index contributed by atoms with van der Waals surface area (Å²) in [6, 6.07) is 9.70. The summed E-state index contributed by atoms with van der Waals surface area (Å²) in [6.07, 6.45) is -0.634. The minimum Gasteiger partial charge on any atom is -0.353 e. The van der Waals surface area contributed by atoms with Crippen LogP contribution in [-0.2, 0) is 4.79 Å². The zero-order chi connectivity index (χ0) is 20.7. The van der Waals surface area contributed by atoms with Crippen molar-refractivity contribution in [1.82, 2.24) is 20.0 Å². The van der Waals surface area contributed by atoms with Gasteiger partial charge in [0.2, 0.25) is 5.91 Å². The monoisotopic (exact) mass is 394 g/mol. The van der Waals surface area contributed by atoms with Crippen molar-refractivity contribution >= 4 is 12.0 Å². The fourth-order valence-electron chi connectivity index (χ4n) is 2.88. The van der Waals surface area contributed by atoms with Gasteiger partial charge in [-0.3, -0.25) is 9.69 Å². The maximum atomic E-state index is 12.3. The number of hydrogen-bond donors (Lipinski definition) is 1. The molecule has 0 fully saturated rings.